The Balaban J connectivity index is 1.49. The van der Waals surface area contributed by atoms with Crippen molar-refractivity contribution < 1.29 is 22.3 Å². The molecule has 0 aromatic carbocycles. The van der Waals surface area contributed by atoms with Crippen LogP contribution in [0.15, 0.2) is 49.1 Å². The Labute approximate surface area is 215 Å². The van der Waals surface area contributed by atoms with Gasteiger partial charge in [-0.3, -0.25) is 19.5 Å². The van der Waals surface area contributed by atoms with Gasteiger partial charge in [-0.15, -0.1) is 0 Å². The maximum absolute atomic E-state index is 16.0. The monoisotopic (exact) mass is 528 g/mol. The number of nitrogens with one attached hydrogen (secondary N) is 2. The van der Waals surface area contributed by atoms with Crippen LogP contribution in [0.25, 0.3) is 11.3 Å². The van der Waals surface area contributed by atoms with Crippen molar-refractivity contribution >= 4 is 27.4 Å². The molecule has 0 radical (unpaired) electrons. The maximum Gasteiger partial charge on any atom is 0.269 e. The van der Waals surface area contributed by atoms with Gasteiger partial charge in [0.15, 0.2) is 0 Å². The molecule has 3 heterocycles. The SMILES string of the molecule is CCOc1cncc(-c2ccc(NC(=O)[C@@](F)(CC)c3cc(NS(=O)(=O)C4CCCC4)ccn3)nc2)n1. The summed E-state index contributed by atoms with van der Waals surface area (Å²) in [4.78, 5) is 29.7. The summed E-state index contributed by atoms with van der Waals surface area (Å²) in [5.41, 5.74) is -1.37. The first-order valence-corrected chi connectivity index (χ1v) is 13.7. The van der Waals surface area contributed by atoms with Crippen LogP contribution in [-0.2, 0) is 20.5 Å². The summed E-state index contributed by atoms with van der Waals surface area (Å²) in [5.74, 6) is -0.448. The second kappa shape index (κ2) is 11.2. The lowest BCUT2D eigenvalue weighted by atomic mass is 9.96. The van der Waals surface area contributed by atoms with Crippen LogP contribution < -0.4 is 14.8 Å². The predicted molar refractivity (Wildman–Crippen MR) is 137 cm³/mol. The largest absolute Gasteiger partial charge is 0.477 e. The molecule has 2 N–H and O–H groups in total. The van der Waals surface area contributed by atoms with Crippen molar-refractivity contribution in [3.05, 3.63) is 54.7 Å². The molecule has 0 unspecified atom stereocenters. The van der Waals surface area contributed by atoms with E-state index in [2.05, 4.69) is 30.0 Å². The molecule has 1 amide bonds. The van der Waals surface area contributed by atoms with E-state index in [0.717, 1.165) is 12.8 Å². The molecule has 3 aromatic rings. The zero-order valence-electron chi connectivity index (χ0n) is 20.6. The number of halogens is 1. The molecule has 0 spiro atoms. The summed E-state index contributed by atoms with van der Waals surface area (Å²) in [6, 6.07) is 5.90. The lowest BCUT2D eigenvalue weighted by Gasteiger charge is -2.23. The minimum atomic E-state index is -3.61. The third-order valence-electron chi connectivity index (χ3n) is 6.22. The number of hydrogen-bond donors (Lipinski definition) is 2. The van der Waals surface area contributed by atoms with Gasteiger partial charge in [-0.25, -0.2) is 22.8 Å². The molecule has 0 aliphatic heterocycles. The second-order valence-electron chi connectivity index (χ2n) is 8.70. The minimum absolute atomic E-state index is 0.135. The number of sulfonamides is 1. The predicted octanol–water partition coefficient (Wildman–Crippen LogP) is 4.23. The van der Waals surface area contributed by atoms with Gasteiger partial charge < -0.3 is 10.1 Å². The molecule has 1 fully saturated rings. The first kappa shape index (κ1) is 26.4. The maximum atomic E-state index is 16.0. The van der Waals surface area contributed by atoms with Gasteiger partial charge in [0.1, 0.15) is 5.82 Å². The second-order valence-corrected chi connectivity index (χ2v) is 10.7. The molecule has 1 aliphatic rings. The zero-order valence-corrected chi connectivity index (χ0v) is 21.5. The van der Waals surface area contributed by atoms with Crippen molar-refractivity contribution in [2.24, 2.45) is 0 Å². The van der Waals surface area contributed by atoms with Crippen LogP contribution in [0, 0.1) is 0 Å². The van der Waals surface area contributed by atoms with Crippen LogP contribution in [0.2, 0.25) is 0 Å². The molecular formula is C25H29FN6O4S. The summed E-state index contributed by atoms with van der Waals surface area (Å²) in [5, 5.41) is 2.01. The van der Waals surface area contributed by atoms with Crippen molar-refractivity contribution in [1.29, 1.82) is 0 Å². The normalized spacial score (nSPS) is 15.6. The van der Waals surface area contributed by atoms with E-state index in [1.165, 1.54) is 43.7 Å². The lowest BCUT2D eigenvalue weighted by molar-refractivity contribution is -0.128. The Morgan fingerprint density at radius 2 is 1.92 bits per heavy atom. The Bertz CT molecular complexity index is 1350. The topological polar surface area (TPSA) is 136 Å². The number of anilines is 2. The fraction of sp³-hybridized carbons (Fsp3) is 0.400. The summed E-state index contributed by atoms with van der Waals surface area (Å²) in [6.07, 6.45) is 8.51. The Kier molecular flexibility index (Phi) is 7.96. The van der Waals surface area contributed by atoms with Crippen LogP contribution in [0.5, 0.6) is 5.88 Å². The Hall–Kier alpha value is -3.67. The molecule has 3 aromatic heterocycles. The van der Waals surface area contributed by atoms with E-state index >= 15 is 4.39 Å². The fourth-order valence-corrected chi connectivity index (χ4v) is 5.73. The van der Waals surface area contributed by atoms with Crippen LogP contribution in [0.4, 0.5) is 15.9 Å². The number of rotatable bonds is 10. The molecule has 1 saturated carbocycles. The van der Waals surface area contributed by atoms with Gasteiger partial charge in [0.05, 0.1) is 41.3 Å². The Morgan fingerprint density at radius 3 is 2.59 bits per heavy atom. The van der Waals surface area contributed by atoms with E-state index in [4.69, 9.17) is 4.74 Å². The van der Waals surface area contributed by atoms with Gasteiger partial charge in [-0.05, 0) is 50.5 Å². The molecule has 1 atom stereocenters. The molecule has 1 aliphatic carbocycles. The zero-order chi connectivity index (χ0) is 26.5. The van der Waals surface area contributed by atoms with E-state index in [1.54, 1.807) is 12.3 Å². The van der Waals surface area contributed by atoms with Crippen molar-refractivity contribution in [1.82, 2.24) is 19.9 Å². The number of aromatic nitrogens is 4. The number of pyridine rings is 2. The number of hydrogen-bond acceptors (Lipinski definition) is 8. The van der Waals surface area contributed by atoms with Gasteiger partial charge in [-0.2, -0.15) is 0 Å². The van der Waals surface area contributed by atoms with E-state index < -0.39 is 26.8 Å². The smallest absolute Gasteiger partial charge is 0.269 e. The van der Waals surface area contributed by atoms with Crippen molar-refractivity contribution in [3.63, 3.8) is 0 Å². The number of carbonyl (C=O) groups is 1. The first-order chi connectivity index (χ1) is 17.7. The number of amides is 1. The van der Waals surface area contributed by atoms with Crippen LogP contribution in [0.3, 0.4) is 0 Å². The van der Waals surface area contributed by atoms with Gasteiger partial charge >= 0.3 is 0 Å². The summed E-state index contributed by atoms with van der Waals surface area (Å²) in [6.45, 7) is 3.81. The highest BCUT2D eigenvalue weighted by atomic mass is 32.2. The van der Waals surface area contributed by atoms with Crippen LogP contribution in [-0.4, -0.2) is 46.1 Å². The molecule has 4 rings (SSSR count). The van der Waals surface area contributed by atoms with E-state index in [-0.39, 0.29) is 23.6 Å². The van der Waals surface area contributed by atoms with Crippen molar-refractivity contribution in [2.45, 2.75) is 56.9 Å². The third-order valence-corrected chi connectivity index (χ3v) is 8.09. The average molecular weight is 529 g/mol. The highest BCUT2D eigenvalue weighted by Gasteiger charge is 2.41. The van der Waals surface area contributed by atoms with E-state index in [9.17, 15) is 13.2 Å². The number of alkyl halides is 1. The quantitative estimate of drug-likeness (QED) is 0.399. The van der Waals surface area contributed by atoms with Crippen LogP contribution >= 0.6 is 0 Å². The summed E-state index contributed by atoms with van der Waals surface area (Å²) < 4.78 is 49.2. The molecule has 0 saturated heterocycles. The van der Waals surface area contributed by atoms with E-state index in [0.29, 0.717) is 36.6 Å². The molecule has 196 valence electrons. The highest BCUT2D eigenvalue weighted by molar-refractivity contribution is 7.93. The van der Waals surface area contributed by atoms with Crippen LogP contribution in [0.1, 0.15) is 51.6 Å². The number of carbonyl (C=O) groups excluding carboxylic acids is 1. The molecule has 37 heavy (non-hydrogen) atoms. The molecule has 0 bridgehead atoms. The van der Waals surface area contributed by atoms with Gasteiger partial charge in [-0.1, -0.05) is 19.8 Å². The first-order valence-electron chi connectivity index (χ1n) is 12.1. The molecular weight excluding hydrogens is 499 g/mol. The van der Waals surface area contributed by atoms with Crippen molar-refractivity contribution in [2.75, 3.05) is 16.6 Å². The third kappa shape index (κ3) is 6.01. The lowest BCUT2D eigenvalue weighted by Crippen LogP contribution is -2.37. The van der Waals surface area contributed by atoms with Gasteiger partial charge in [0.2, 0.25) is 21.6 Å². The molecule has 12 heteroatoms. The number of nitrogens with zero attached hydrogens (tertiary/aromatic N) is 4. The van der Waals surface area contributed by atoms with Gasteiger partial charge in [0, 0.05) is 18.0 Å². The minimum Gasteiger partial charge on any atom is -0.477 e. The number of ether oxygens (including phenoxy) is 1. The molecule has 10 nitrogen and oxygen atoms in total. The van der Waals surface area contributed by atoms with Gasteiger partial charge in [0.25, 0.3) is 5.91 Å². The highest BCUT2D eigenvalue weighted by Crippen LogP contribution is 2.32. The summed E-state index contributed by atoms with van der Waals surface area (Å²) >= 11 is 0. The summed E-state index contributed by atoms with van der Waals surface area (Å²) in [7, 11) is -3.61. The fourth-order valence-electron chi connectivity index (χ4n) is 4.15. The average Bonchev–Trinajstić information content (AvgIpc) is 3.45. The van der Waals surface area contributed by atoms with E-state index in [1.807, 2.05) is 6.92 Å². The standard InChI is InChI=1S/C25H29FN6O4S/c1-3-25(26,21-13-18(11-12-28-21)32-37(34,35)19-7-5-6-8-19)24(33)31-22-10-9-17(14-29-22)20-15-27-16-23(30-20)36-4-2/h9-16,19H,3-8H2,1-2H3,(H,28,32)(H,29,31,33)/t25-/m1/s1. The Morgan fingerprint density at radius 1 is 1.14 bits per heavy atom. The van der Waals surface area contributed by atoms with Crippen molar-refractivity contribution in [3.8, 4) is 17.1 Å².